The van der Waals surface area contributed by atoms with Gasteiger partial charge in [-0.3, -0.25) is 5.41 Å². The largest absolute Gasteiger partial charge is 1.00 e. The van der Waals surface area contributed by atoms with Crippen molar-refractivity contribution in [1.82, 2.24) is 4.98 Å². The average molecular weight is 355 g/mol. The van der Waals surface area contributed by atoms with Crippen LogP contribution in [0.25, 0.3) is 20.8 Å². The third-order valence-electron chi connectivity index (χ3n) is 2.43. The summed E-state index contributed by atoms with van der Waals surface area (Å²) >= 11 is 1.66. The first-order valence-electron chi connectivity index (χ1n) is 4.91. The molecule has 0 aromatic heterocycles. The van der Waals surface area contributed by atoms with Crippen molar-refractivity contribution in [1.29, 1.82) is 0 Å². The number of nitrogen functional groups attached to an aromatic ring is 1. The van der Waals surface area contributed by atoms with E-state index in [0.29, 0.717) is 0 Å². The summed E-state index contributed by atoms with van der Waals surface area (Å²) in [6, 6.07) is 11.5. The van der Waals surface area contributed by atoms with Crippen LogP contribution in [0.15, 0.2) is 36.4 Å². The lowest BCUT2D eigenvalue weighted by Crippen LogP contribution is -3.00. The predicted molar refractivity (Wildman–Crippen MR) is 65.7 cm³/mol. The Bertz CT molecular complexity index is 708. The lowest BCUT2D eigenvalue weighted by atomic mass is 10.2. The molecule has 0 amide bonds. The fourth-order valence-corrected chi connectivity index (χ4v) is 2.72. The number of aromatic nitrogens is 1. The van der Waals surface area contributed by atoms with E-state index in [4.69, 9.17) is 11.1 Å². The first-order chi connectivity index (χ1) is 7.72. The highest BCUT2D eigenvalue weighted by atomic mass is 127. The number of benzene rings is 2. The van der Waals surface area contributed by atoms with Gasteiger partial charge >= 0.3 is 0 Å². The van der Waals surface area contributed by atoms with Crippen LogP contribution in [0.4, 0.5) is 5.69 Å². The zero-order chi connectivity index (χ0) is 11.1. The van der Waals surface area contributed by atoms with E-state index in [1.54, 1.807) is 11.3 Å². The molecule has 1 aromatic carbocycles. The molecule has 5 heteroatoms. The normalized spacial score (nSPS) is 10.4. The van der Waals surface area contributed by atoms with Gasteiger partial charge in [0.2, 0.25) is 0 Å². The minimum absolute atomic E-state index is 0. The van der Waals surface area contributed by atoms with Crippen LogP contribution in [-0.2, 0) is 0 Å². The first-order valence-corrected chi connectivity index (χ1v) is 5.73. The number of fused-ring (bicyclic) bond motifs is 2. The molecular weight excluding hydrogens is 345 g/mol. The number of nitrogens with two attached hydrogens (primary N) is 2. The highest BCUT2D eigenvalue weighted by molar-refractivity contribution is 7.21. The first kappa shape index (κ1) is 12.3. The molecule has 3 nitrogen and oxygen atoms in total. The molecule has 0 spiro atoms. The third-order valence-corrected chi connectivity index (χ3v) is 3.52. The fraction of sp³-hybridized carbons (Fsp3) is 0. The fourth-order valence-electron chi connectivity index (χ4n) is 1.66. The van der Waals surface area contributed by atoms with E-state index < -0.39 is 0 Å². The van der Waals surface area contributed by atoms with Crippen LogP contribution in [0.5, 0.6) is 0 Å². The molecule has 0 saturated heterocycles. The predicted octanol–water partition coefficient (Wildman–Crippen LogP) is -2.35. The number of hydrogen-bond donors (Lipinski definition) is 2. The highest BCUT2D eigenvalue weighted by Gasteiger charge is 2.07. The van der Waals surface area contributed by atoms with E-state index in [2.05, 4.69) is 4.98 Å². The summed E-state index contributed by atoms with van der Waals surface area (Å²) in [5.74, 6) is 0. The van der Waals surface area contributed by atoms with Gasteiger partial charge in [-0.1, -0.05) is 0 Å². The number of rotatable bonds is 0. The second-order valence-corrected chi connectivity index (χ2v) is 4.75. The number of anilines is 1. The second kappa shape index (κ2) is 4.58. The molecule has 0 atom stereocenters. The molecule has 1 aromatic rings. The summed E-state index contributed by atoms with van der Waals surface area (Å²) in [4.78, 5) is 5.64. The Hall–Kier alpha value is -1.21. The molecule has 4 N–H and O–H groups in total. The van der Waals surface area contributed by atoms with Gasteiger partial charge in [0, 0.05) is 17.8 Å². The van der Waals surface area contributed by atoms with E-state index in [1.165, 1.54) is 0 Å². The Kier molecular flexibility index (Phi) is 3.30. The highest BCUT2D eigenvalue weighted by Crippen LogP contribution is 2.30. The van der Waals surface area contributed by atoms with E-state index in [9.17, 15) is 0 Å². The van der Waals surface area contributed by atoms with Gasteiger partial charge < -0.3 is 29.7 Å². The van der Waals surface area contributed by atoms with Crippen LogP contribution in [0.2, 0.25) is 0 Å². The summed E-state index contributed by atoms with van der Waals surface area (Å²) in [5, 5.41) is 6.51. The average Bonchev–Trinajstić information content (AvgIpc) is 2.26. The summed E-state index contributed by atoms with van der Waals surface area (Å²) in [5.41, 5.74) is 8.45. The third kappa shape index (κ3) is 2.25. The van der Waals surface area contributed by atoms with Gasteiger partial charge in [0.1, 0.15) is 0 Å². The van der Waals surface area contributed by atoms with Gasteiger partial charge in [-0.25, -0.2) is 4.98 Å². The van der Waals surface area contributed by atoms with Crippen molar-refractivity contribution in [2.45, 2.75) is 0 Å². The lowest BCUT2D eigenvalue weighted by Gasteiger charge is -2.05. The summed E-state index contributed by atoms with van der Waals surface area (Å²) in [6.07, 6.45) is 0. The van der Waals surface area contributed by atoms with E-state index in [-0.39, 0.29) is 24.0 Å². The monoisotopic (exact) mass is 355 g/mol. The molecule has 0 saturated carbocycles. The van der Waals surface area contributed by atoms with Gasteiger partial charge in [-0.15, -0.1) is 11.3 Å². The molecule has 0 radical (unpaired) electrons. The van der Waals surface area contributed by atoms with Crippen LogP contribution in [0, 0.1) is 0 Å². The van der Waals surface area contributed by atoms with Gasteiger partial charge in [-0.05, 0) is 24.3 Å². The topological polar surface area (TPSA) is 64.5 Å². The van der Waals surface area contributed by atoms with Crippen LogP contribution in [0.1, 0.15) is 0 Å². The van der Waals surface area contributed by atoms with Gasteiger partial charge in [0.25, 0.3) is 0 Å². The molecule has 1 aliphatic heterocycles. The zero-order valence-corrected chi connectivity index (χ0v) is 11.8. The zero-order valence-electron chi connectivity index (χ0n) is 8.85. The maximum atomic E-state index is 5.75. The Morgan fingerprint density at radius 1 is 1.12 bits per heavy atom. The Labute approximate surface area is 119 Å². The van der Waals surface area contributed by atoms with E-state index in [0.717, 1.165) is 31.8 Å². The minimum Gasteiger partial charge on any atom is -1.00 e. The van der Waals surface area contributed by atoms with E-state index >= 15 is 0 Å². The number of halogens is 1. The quantitative estimate of drug-likeness (QED) is 0.269. The Balaban J connectivity index is 0.00000108. The molecule has 1 aliphatic carbocycles. The SMILES string of the molecule is Nc1ccc2nc3ccc(=[NH2+])cc-3sc2c1.[I-]. The minimum atomic E-state index is 0. The van der Waals surface area contributed by atoms with Crippen molar-refractivity contribution in [3.05, 3.63) is 41.8 Å². The summed E-state index contributed by atoms with van der Waals surface area (Å²) < 4.78 is 1.08. The van der Waals surface area contributed by atoms with Gasteiger partial charge in [0.15, 0.2) is 5.36 Å². The van der Waals surface area contributed by atoms with Crippen molar-refractivity contribution in [2.75, 3.05) is 5.73 Å². The second-order valence-electron chi connectivity index (χ2n) is 3.67. The molecule has 3 rings (SSSR count). The summed E-state index contributed by atoms with van der Waals surface area (Å²) in [7, 11) is 0. The van der Waals surface area contributed by atoms with Crippen molar-refractivity contribution in [3.63, 3.8) is 0 Å². The molecule has 0 bridgehead atoms. The van der Waals surface area contributed by atoms with Crippen LogP contribution in [-0.4, -0.2) is 4.98 Å². The molecule has 0 unspecified atom stereocenters. The van der Waals surface area contributed by atoms with E-state index in [1.807, 2.05) is 36.4 Å². The maximum Gasteiger partial charge on any atom is 0.198 e. The molecule has 2 aliphatic rings. The van der Waals surface area contributed by atoms with Crippen molar-refractivity contribution < 1.29 is 29.4 Å². The Morgan fingerprint density at radius 2 is 1.94 bits per heavy atom. The standard InChI is InChI=1S/C12H9N3S.HI/c13-7-1-3-9-11(5-7)16-12-6-8(14)2-4-10(12)15-9;/h1-6,13H,14H2;1H. The van der Waals surface area contributed by atoms with Crippen LogP contribution in [0.3, 0.4) is 0 Å². The molecule has 0 fully saturated rings. The maximum absolute atomic E-state index is 5.75. The van der Waals surface area contributed by atoms with Crippen molar-refractivity contribution >= 4 is 27.2 Å². The lowest BCUT2D eigenvalue weighted by molar-refractivity contribution is -0.172. The molecule has 86 valence electrons. The number of hydrogen-bond acceptors (Lipinski definition) is 3. The Morgan fingerprint density at radius 3 is 2.76 bits per heavy atom. The van der Waals surface area contributed by atoms with Crippen molar-refractivity contribution in [2.24, 2.45) is 0 Å². The molecule has 17 heavy (non-hydrogen) atoms. The van der Waals surface area contributed by atoms with Crippen LogP contribution >= 0.6 is 11.3 Å². The van der Waals surface area contributed by atoms with Gasteiger partial charge in [0.05, 0.1) is 20.8 Å². The smallest absolute Gasteiger partial charge is 0.198 e. The molecular formula is C12H10IN3S. The number of nitrogens with zero attached hydrogens (tertiary/aromatic N) is 1. The van der Waals surface area contributed by atoms with Gasteiger partial charge in [-0.2, -0.15) is 0 Å². The van der Waals surface area contributed by atoms with Crippen LogP contribution < -0.4 is 40.5 Å². The summed E-state index contributed by atoms with van der Waals surface area (Å²) in [6.45, 7) is 0. The molecule has 1 heterocycles. The van der Waals surface area contributed by atoms with Crippen molar-refractivity contribution in [3.8, 4) is 10.6 Å².